The zero-order valence-electron chi connectivity index (χ0n) is 27.5. The van der Waals surface area contributed by atoms with Crippen molar-refractivity contribution < 1.29 is 49.2 Å². The molecule has 3 fully saturated rings. The molecule has 3 amide bonds. The number of benzene rings is 1. The van der Waals surface area contributed by atoms with E-state index in [0.29, 0.717) is 31.5 Å². The molecule has 1 aromatic heterocycles. The Morgan fingerprint density at radius 3 is 2.62 bits per heavy atom. The van der Waals surface area contributed by atoms with Crippen LogP contribution in [0.25, 0.3) is 0 Å². The molecule has 1 unspecified atom stereocenters. The van der Waals surface area contributed by atoms with Gasteiger partial charge in [-0.2, -0.15) is 0 Å². The van der Waals surface area contributed by atoms with Gasteiger partial charge in [0.1, 0.15) is 27.1 Å². The number of piperidine rings is 1. The minimum absolute atomic E-state index is 0.00606. The molecule has 3 aliphatic heterocycles. The lowest BCUT2D eigenvalue weighted by Crippen LogP contribution is -2.71. The summed E-state index contributed by atoms with van der Waals surface area (Å²) in [5.41, 5.74) is 5.29. The molecule has 1 aromatic carbocycles. The van der Waals surface area contributed by atoms with Crippen LogP contribution in [0, 0.1) is 11.3 Å². The maximum absolute atomic E-state index is 13.6. The number of nitrogen functional groups attached to an aromatic ring is 1. The van der Waals surface area contributed by atoms with Crippen molar-refractivity contribution in [3.63, 3.8) is 0 Å². The summed E-state index contributed by atoms with van der Waals surface area (Å²) < 4.78 is -0.0176. The second-order valence-electron chi connectivity index (χ2n) is 13.0. The number of hydrogen-bond acceptors (Lipinski definition) is 13. The van der Waals surface area contributed by atoms with Gasteiger partial charge in [-0.25, -0.2) is 14.6 Å². The van der Waals surface area contributed by atoms with Gasteiger partial charge < -0.3 is 41.2 Å². The van der Waals surface area contributed by atoms with Gasteiger partial charge >= 0.3 is 11.9 Å². The van der Waals surface area contributed by atoms with E-state index in [2.05, 4.69) is 15.5 Å². The molecule has 0 bridgehead atoms. The molecule has 0 spiro atoms. The standard InChI is InChI=1S/C32H34Cl2N6O10S2/c1-2-17(29(46)47)50-38-20(19-24(34)52-31(35)37-19)25(43)36-21-27(45)40-22(30(48)49)13(12-51-28(21)40)10-32-7-3-4-14(32)11-39(9-8-32)26(44)15-5-6-16(41)23(42)18(15)33/h5-6,14,17,21,28,41-42H,2-4,7-12H2,1H3,(H2,35,37)(H,36,43)(H,46,47)(H,48,49)/b38-20-/t14-,17+,21+,28+,32?/m0/s1. The fourth-order valence-electron chi connectivity index (χ4n) is 7.45. The molecular weight excluding hydrogens is 763 g/mol. The van der Waals surface area contributed by atoms with E-state index in [4.69, 9.17) is 33.8 Å². The Bertz CT molecular complexity index is 1920. The number of carbonyl (C=O) groups is 5. The third-order valence-corrected chi connectivity index (χ3v) is 12.9. The molecule has 0 radical (unpaired) electrons. The lowest BCUT2D eigenvalue weighted by molar-refractivity contribution is -0.151. The van der Waals surface area contributed by atoms with E-state index in [-0.39, 0.29) is 60.9 Å². The van der Waals surface area contributed by atoms with Crippen LogP contribution in [-0.4, -0.2) is 107 Å². The zero-order chi connectivity index (χ0) is 37.6. The Balaban J connectivity index is 1.19. The molecule has 1 saturated carbocycles. The van der Waals surface area contributed by atoms with E-state index >= 15 is 0 Å². The zero-order valence-corrected chi connectivity index (χ0v) is 30.6. The SMILES string of the molecule is CC[C@@H](O/N=C(\C(=O)N[C@@H]1C(=O)N2C(C(=O)O)=C(CC34CCC[C@H]3CN(C(=O)c3ccc(O)c(O)c3Cl)CC4)CS[C@H]12)c1nc(N)sc1Cl)C(=O)O. The number of carboxylic acid groups (broad SMARTS) is 2. The van der Waals surface area contributed by atoms with Crippen LogP contribution in [0.2, 0.25) is 9.36 Å². The number of halogens is 2. The average Bonchev–Trinajstić information content (AvgIpc) is 3.67. The Hall–Kier alpha value is -4.26. The van der Waals surface area contributed by atoms with Crippen molar-refractivity contribution in [3.8, 4) is 11.5 Å². The number of thiazole rings is 1. The average molecular weight is 798 g/mol. The lowest BCUT2D eigenvalue weighted by Gasteiger charge is -2.51. The van der Waals surface area contributed by atoms with E-state index < -0.39 is 58.5 Å². The molecule has 7 N–H and O–H groups in total. The molecule has 5 atom stereocenters. The number of phenols is 2. The maximum atomic E-state index is 13.6. The van der Waals surface area contributed by atoms with Crippen LogP contribution in [0.1, 0.15) is 61.5 Å². The summed E-state index contributed by atoms with van der Waals surface area (Å²) in [5, 5.41) is 44.9. The molecule has 1 aliphatic carbocycles. The van der Waals surface area contributed by atoms with Crippen LogP contribution in [0.5, 0.6) is 11.5 Å². The number of thioether (sulfide) groups is 1. The van der Waals surface area contributed by atoms with Crippen LogP contribution in [0.15, 0.2) is 28.6 Å². The Morgan fingerprint density at radius 2 is 1.96 bits per heavy atom. The van der Waals surface area contributed by atoms with Crippen molar-refractivity contribution >= 4 is 86.8 Å². The first-order chi connectivity index (χ1) is 24.7. The fraction of sp³-hybridized carbons (Fsp3) is 0.469. The summed E-state index contributed by atoms with van der Waals surface area (Å²) in [7, 11) is 0. The number of fused-ring (bicyclic) bond motifs is 2. The van der Waals surface area contributed by atoms with Crippen molar-refractivity contribution in [3.05, 3.63) is 44.0 Å². The highest BCUT2D eigenvalue weighted by Crippen LogP contribution is 2.55. The highest BCUT2D eigenvalue weighted by molar-refractivity contribution is 8.00. The van der Waals surface area contributed by atoms with Crippen LogP contribution >= 0.6 is 46.3 Å². The number of aliphatic carboxylic acids is 2. The number of anilines is 1. The number of aromatic hydroxyl groups is 2. The normalized spacial score (nSPS) is 24.9. The summed E-state index contributed by atoms with van der Waals surface area (Å²) in [6, 6.07) is 1.42. The van der Waals surface area contributed by atoms with Crippen molar-refractivity contribution in [2.24, 2.45) is 16.5 Å². The third-order valence-electron chi connectivity index (χ3n) is 10.1. The van der Waals surface area contributed by atoms with Crippen molar-refractivity contribution in [2.45, 2.75) is 63.0 Å². The number of oxime groups is 1. The number of β-lactam (4-membered cyclic amide) rings is 1. The minimum Gasteiger partial charge on any atom is -0.504 e. The molecule has 6 rings (SSSR count). The number of nitrogens with zero attached hydrogens (tertiary/aromatic N) is 4. The van der Waals surface area contributed by atoms with Gasteiger partial charge in [0, 0.05) is 18.8 Å². The number of likely N-dealkylation sites (tertiary alicyclic amines) is 1. The molecule has 4 heterocycles. The molecular formula is C32H34Cl2N6O10S2. The van der Waals surface area contributed by atoms with E-state index in [9.17, 15) is 44.4 Å². The first-order valence-electron chi connectivity index (χ1n) is 16.3. The van der Waals surface area contributed by atoms with Gasteiger partial charge in [0.05, 0.1) is 10.6 Å². The van der Waals surface area contributed by atoms with Crippen LogP contribution in [0.3, 0.4) is 0 Å². The van der Waals surface area contributed by atoms with Crippen molar-refractivity contribution in [1.82, 2.24) is 20.1 Å². The molecule has 20 heteroatoms. The Kier molecular flexibility index (Phi) is 10.6. The Labute approximate surface area is 314 Å². The number of amides is 3. The summed E-state index contributed by atoms with van der Waals surface area (Å²) in [6.07, 6.45) is 2.14. The van der Waals surface area contributed by atoms with Gasteiger partial charge in [0.25, 0.3) is 17.7 Å². The number of nitrogens with one attached hydrogen (secondary N) is 1. The van der Waals surface area contributed by atoms with Crippen molar-refractivity contribution in [1.29, 1.82) is 0 Å². The summed E-state index contributed by atoms with van der Waals surface area (Å²) >= 11 is 14.6. The van der Waals surface area contributed by atoms with Crippen LogP contribution < -0.4 is 11.1 Å². The number of carbonyl (C=O) groups excluding carboxylic acids is 3. The highest BCUT2D eigenvalue weighted by atomic mass is 35.5. The smallest absolute Gasteiger partial charge is 0.352 e. The highest BCUT2D eigenvalue weighted by Gasteiger charge is 2.56. The van der Waals surface area contributed by atoms with E-state index in [1.807, 2.05) is 0 Å². The third kappa shape index (κ3) is 6.72. The summed E-state index contributed by atoms with van der Waals surface area (Å²) in [5.74, 6) is -5.27. The first-order valence-corrected chi connectivity index (χ1v) is 18.9. The predicted molar refractivity (Wildman–Crippen MR) is 190 cm³/mol. The van der Waals surface area contributed by atoms with Gasteiger partial charge in [-0.1, -0.05) is 53.0 Å². The molecule has 278 valence electrons. The predicted octanol–water partition coefficient (Wildman–Crippen LogP) is 3.49. The van der Waals surface area contributed by atoms with Crippen molar-refractivity contribution in [2.75, 3.05) is 24.6 Å². The second kappa shape index (κ2) is 14.6. The maximum Gasteiger partial charge on any atom is 0.352 e. The van der Waals surface area contributed by atoms with Gasteiger partial charge in [-0.3, -0.25) is 19.3 Å². The minimum atomic E-state index is -1.38. The molecule has 16 nitrogen and oxygen atoms in total. The van der Waals surface area contributed by atoms with Crippen LogP contribution in [0.4, 0.5) is 5.13 Å². The summed E-state index contributed by atoms with van der Waals surface area (Å²) in [4.78, 5) is 76.7. The van der Waals surface area contributed by atoms with E-state index in [1.54, 1.807) is 11.8 Å². The van der Waals surface area contributed by atoms with Gasteiger partial charge in [0.15, 0.2) is 22.3 Å². The lowest BCUT2D eigenvalue weighted by atomic mass is 9.68. The number of phenolic OH excluding ortho intramolecular Hbond substituents is 2. The molecule has 2 aromatic rings. The Morgan fingerprint density at radius 1 is 1.21 bits per heavy atom. The van der Waals surface area contributed by atoms with E-state index in [1.165, 1.54) is 28.8 Å². The van der Waals surface area contributed by atoms with Gasteiger partial charge in [-0.15, -0.1) is 11.8 Å². The number of carboxylic acids is 2. The molecule has 4 aliphatic rings. The number of nitrogens with two attached hydrogens (primary N) is 1. The van der Waals surface area contributed by atoms with Gasteiger partial charge in [-0.05, 0) is 61.1 Å². The largest absolute Gasteiger partial charge is 0.504 e. The topological polar surface area (TPSA) is 245 Å². The second-order valence-corrected chi connectivity index (χ2v) is 16.1. The monoisotopic (exact) mass is 796 g/mol. The quantitative estimate of drug-likeness (QED) is 0.0827. The van der Waals surface area contributed by atoms with E-state index in [0.717, 1.165) is 30.6 Å². The molecule has 2 saturated heterocycles. The van der Waals surface area contributed by atoms with Gasteiger partial charge in [0.2, 0.25) is 6.10 Å². The number of aromatic nitrogens is 1. The fourth-order valence-corrected chi connectivity index (χ4v) is 9.97. The van der Waals surface area contributed by atoms with Crippen LogP contribution in [-0.2, 0) is 24.0 Å². The summed E-state index contributed by atoms with van der Waals surface area (Å²) in [6.45, 7) is 2.31. The number of rotatable bonds is 11. The first kappa shape index (κ1) is 37.5. The number of hydrogen-bond donors (Lipinski definition) is 6. The molecule has 52 heavy (non-hydrogen) atoms.